The molecule has 2 aromatic heterocycles. The van der Waals surface area contributed by atoms with Crippen LogP contribution >= 0.6 is 0 Å². The molecule has 56 valence electrons. The normalized spacial score (nSPS) is 10.6. The molecular weight excluding hydrogens is 142 g/mol. The second kappa shape index (κ2) is 1.95. The van der Waals surface area contributed by atoms with E-state index in [1.165, 1.54) is 0 Å². The second-order valence-electron chi connectivity index (χ2n) is 2.41. The third kappa shape index (κ3) is 0.756. The first-order chi connectivity index (χ1) is 5.29. The van der Waals surface area contributed by atoms with Gasteiger partial charge in [-0.3, -0.25) is 4.40 Å². The van der Waals surface area contributed by atoms with Crippen LogP contribution in [0.2, 0.25) is 0 Å². The lowest BCUT2D eigenvalue weighted by Gasteiger charge is -1.92. The van der Waals surface area contributed by atoms with Gasteiger partial charge in [0.15, 0.2) is 0 Å². The van der Waals surface area contributed by atoms with Crippen LogP contribution < -0.4 is 5.69 Å². The van der Waals surface area contributed by atoms with E-state index in [4.69, 9.17) is 0 Å². The minimum Gasteiger partial charge on any atom is -0.264 e. The standard InChI is InChI=1S/C7H7N3O/c1-5-2-3-6-4-8-9-7(11)10(5)6/h2-4H,1H3,(H,9,11). The highest BCUT2D eigenvalue weighted by Gasteiger charge is 1.98. The number of nitrogens with zero attached hydrogens (tertiary/aromatic N) is 2. The molecule has 0 aliphatic carbocycles. The summed E-state index contributed by atoms with van der Waals surface area (Å²) in [6, 6.07) is 3.74. The number of aromatic amines is 1. The van der Waals surface area contributed by atoms with Crippen LogP contribution in [0, 0.1) is 6.92 Å². The van der Waals surface area contributed by atoms with E-state index in [0.717, 1.165) is 11.2 Å². The van der Waals surface area contributed by atoms with E-state index in [2.05, 4.69) is 10.2 Å². The third-order valence-electron chi connectivity index (χ3n) is 1.67. The minimum atomic E-state index is -0.190. The maximum absolute atomic E-state index is 11.1. The smallest absolute Gasteiger partial charge is 0.264 e. The average molecular weight is 149 g/mol. The van der Waals surface area contributed by atoms with Crippen LogP contribution in [0.5, 0.6) is 0 Å². The molecule has 0 saturated heterocycles. The Labute approximate surface area is 62.5 Å². The first kappa shape index (κ1) is 6.15. The molecule has 0 amide bonds. The molecule has 1 N–H and O–H groups in total. The number of aromatic nitrogens is 3. The molecule has 4 nitrogen and oxygen atoms in total. The van der Waals surface area contributed by atoms with Gasteiger partial charge in [0.2, 0.25) is 0 Å². The molecule has 0 atom stereocenters. The lowest BCUT2D eigenvalue weighted by molar-refractivity contribution is 0.872. The Kier molecular flexibility index (Phi) is 1.09. The number of H-pyrrole nitrogens is 1. The van der Waals surface area contributed by atoms with Crippen LogP contribution in [0.4, 0.5) is 0 Å². The maximum atomic E-state index is 11.1. The zero-order valence-corrected chi connectivity index (χ0v) is 6.03. The Bertz CT molecular complexity index is 440. The van der Waals surface area contributed by atoms with Crippen LogP contribution in [-0.4, -0.2) is 14.6 Å². The van der Waals surface area contributed by atoms with E-state index < -0.39 is 0 Å². The van der Waals surface area contributed by atoms with Gasteiger partial charge in [-0.1, -0.05) is 0 Å². The summed E-state index contributed by atoms with van der Waals surface area (Å²) in [6.45, 7) is 1.88. The van der Waals surface area contributed by atoms with E-state index in [1.807, 2.05) is 19.1 Å². The Morgan fingerprint density at radius 2 is 2.36 bits per heavy atom. The van der Waals surface area contributed by atoms with Crippen LogP contribution in [0.15, 0.2) is 23.1 Å². The summed E-state index contributed by atoms with van der Waals surface area (Å²) in [4.78, 5) is 11.1. The first-order valence-electron chi connectivity index (χ1n) is 3.31. The molecule has 0 aliphatic rings. The zero-order chi connectivity index (χ0) is 7.84. The largest absolute Gasteiger partial charge is 0.346 e. The van der Waals surface area contributed by atoms with Gasteiger partial charge in [-0.25, -0.2) is 9.89 Å². The van der Waals surface area contributed by atoms with Crippen molar-refractivity contribution in [2.24, 2.45) is 0 Å². The predicted octanol–water partition coefficient (Wildman–Crippen LogP) is 0.331. The summed E-state index contributed by atoms with van der Waals surface area (Å²) in [7, 11) is 0. The van der Waals surface area contributed by atoms with Crippen molar-refractivity contribution in [2.45, 2.75) is 6.92 Å². The van der Waals surface area contributed by atoms with Crippen molar-refractivity contribution >= 4 is 5.52 Å². The molecule has 0 saturated carbocycles. The second-order valence-corrected chi connectivity index (χ2v) is 2.41. The summed E-state index contributed by atoms with van der Waals surface area (Å²) >= 11 is 0. The Morgan fingerprint density at radius 1 is 1.55 bits per heavy atom. The molecule has 0 unspecified atom stereocenters. The molecule has 2 heterocycles. The van der Waals surface area contributed by atoms with E-state index in [9.17, 15) is 4.79 Å². The molecule has 2 aromatic rings. The number of fused-ring (bicyclic) bond motifs is 1. The molecule has 4 heteroatoms. The summed E-state index contributed by atoms with van der Waals surface area (Å²) in [5.41, 5.74) is 1.56. The van der Waals surface area contributed by atoms with E-state index in [-0.39, 0.29) is 5.69 Å². The number of rotatable bonds is 0. The van der Waals surface area contributed by atoms with Crippen molar-refractivity contribution in [1.29, 1.82) is 0 Å². The molecular formula is C7H7N3O. The highest BCUT2D eigenvalue weighted by atomic mass is 16.1. The molecule has 0 aliphatic heterocycles. The predicted molar refractivity (Wildman–Crippen MR) is 40.5 cm³/mol. The molecule has 0 bridgehead atoms. The Balaban J connectivity index is 3.08. The molecule has 0 fully saturated rings. The topological polar surface area (TPSA) is 50.2 Å². The van der Waals surface area contributed by atoms with Crippen molar-refractivity contribution in [3.8, 4) is 0 Å². The van der Waals surface area contributed by atoms with Crippen LogP contribution in [0.1, 0.15) is 5.69 Å². The third-order valence-corrected chi connectivity index (χ3v) is 1.67. The fraction of sp³-hybridized carbons (Fsp3) is 0.143. The van der Waals surface area contributed by atoms with Crippen molar-refractivity contribution in [1.82, 2.24) is 14.6 Å². The van der Waals surface area contributed by atoms with Gasteiger partial charge in [0.25, 0.3) is 0 Å². The number of hydrogen-bond donors (Lipinski definition) is 1. The van der Waals surface area contributed by atoms with Crippen molar-refractivity contribution in [2.75, 3.05) is 0 Å². The van der Waals surface area contributed by atoms with Crippen molar-refractivity contribution < 1.29 is 0 Å². The molecule has 2 rings (SSSR count). The van der Waals surface area contributed by atoms with E-state index in [1.54, 1.807) is 10.6 Å². The monoisotopic (exact) mass is 149 g/mol. The number of aryl methyl sites for hydroxylation is 1. The van der Waals surface area contributed by atoms with Gasteiger partial charge in [-0.15, -0.1) is 0 Å². The highest BCUT2D eigenvalue weighted by molar-refractivity contribution is 5.46. The van der Waals surface area contributed by atoms with Crippen LogP contribution in [0.3, 0.4) is 0 Å². The van der Waals surface area contributed by atoms with Gasteiger partial charge < -0.3 is 0 Å². The summed E-state index contributed by atoms with van der Waals surface area (Å²) < 4.78 is 1.58. The molecule has 0 radical (unpaired) electrons. The zero-order valence-electron chi connectivity index (χ0n) is 6.03. The molecule has 0 aromatic carbocycles. The van der Waals surface area contributed by atoms with Gasteiger partial charge >= 0.3 is 5.69 Å². The lowest BCUT2D eigenvalue weighted by Crippen LogP contribution is -2.17. The van der Waals surface area contributed by atoms with Gasteiger partial charge in [0.05, 0.1) is 11.7 Å². The molecule has 0 spiro atoms. The summed E-state index contributed by atoms with van der Waals surface area (Å²) in [6.07, 6.45) is 1.62. The summed E-state index contributed by atoms with van der Waals surface area (Å²) in [5, 5.41) is 6.03. The Morgan fingerprint density at radius 3 is 3.09 bits per heavy atom. The Hall–Kier alpha value is -1.58. The fourth-order valence-corrected chi connectivity index (χ4v) is 1.14. The summed E-state index contributed by atoms with van der Waals surface area (Å²) in [5.74, 6) is 0. The SMILES string of the molecule is Cc1ccc2cn[nH]c(=O)n12. The quantitative estimate of drug-likeness (QED) is 0.586. The van der Waals surface area contributed by atoms with Crippen LogP contribution in [0.25, 0.3) is 5.52 Å². The minimum absolute atomic E-state index is 0.190. The molecule has 11 heavy (non-hydrogen) atoms. The maximum Gasteiger partial charge on any atom is 0.346 e. The van der Waals surface area contributed by atoms with Gasteiger partial charge in [-0.05, 0) is 19.1 Å². The van der Waals surface area contributed by atoms with Crippen LogP contribution in [-0.2, 0) is 0 Å². The lowest BCUT2D eigenvalue weighted by atomic mass is 10.5. The fourth-order valence-electron chi connectivity index (χ4n) is 1.14. The number of nitrogens with one attached hydrogen (secondary N) is 1. The first-order valence-corrected chi connectivity index (χ1v) is 3.31. The van der Waals surface area contributed by atoms with Gasteiger partial charge in [0.1, 0.15) is 0 Å². The number of hydrogen-bond acceptors (Lipinski definition) is 2. The average Bonchev–Trinajstić information content (AvgIpc) is 2.34. The van der Waals surface area contributed by atoms with E-state index >= 15 is 0 Å². The van der Waals surface area contributed by atoms with Crippen molar-refractivity contribution in [3.63, 3.8) is 0 Å². The highest BCUT2D eigenvalue weighted by Crippen LogP contribution is 2.02. The van der Waals surface area contributed by atoms with Crippen molar-refractivity contribution in [3.05, 3.63) is 34.5 Å². The van der Waals surface area contributed by atoms with E-state index in [0.29, 0.717) is 0 Å². The van der Waals surface area contributed by atoms with Gasteiger partial charge in [0, 0.05) is 5.69 Å². The van der Waals surface area contributed by atoms with Gasteiger partial charge in [-0.2, -0.15) is 5.10 Å².